The van der Waals surface area contributed by atoms with Gasteiger partial charge in [0.2, 0.25) is 0 Å². The van der Waals surface area contributed by atoms with Crippen LogP contribution in [0, 0.1) is 23.0 Å². The average molecular weight is 275 g/mol. The number of nitrogens with zero attached hydrogens (tertiary/aromatic N) is 1. The summed E-state index contributed by atoms with van der Waals surface area (Å²) in [5.41, 5.74) is -0.0217. The topological polar surface area (TPSA) is 53.2 Å². The van der Waals surface area contributed by atoms with Crippen molar-refractivity contribution in [2.75, 3.05) is 0 Å². The van der Waals surface area contributed by atoms with Crippen molar-refractivity contribution >= 4 is 0 Å². The summed E-state index contributed by atoms with van der Waals surface area (Å²) in [6.45, 7) is 1.46. The van der Waals surface area contributed by atoms with Crippen molar-refractivity contribution in [3.63, 3.8) is 0 Å². The van der Waals surface area contributed by atoms with Gasteiger partial charge in [0.15, 0.2) is 0 Å². The van der Waals surface area contributed by atoms with Crippen LogP contribution < -0.4 is 4.74 Å². The second kappa shape index (κ2) is 5.68. The molecule has 0 aliphatic carbocycles. The first-order chi connectivity index (χ1) is 9.52. The minimum atomic E-state index is -0.959. The average Bonchev–Trinajstić information content (AvgIpc) is 2.41. The van der Waals surface area contributed by atoms with Crippen LogP contribution in [0.5, 0.6) is 11.5 Å². The highest BCUT2D eigenvalue weighted by molar-refractivity contribution is 5.47. The van der Waals surface area contributed by atoms with Crippen molar-refractivity contribution in [2.45, 2.75) is 13.0 Å². The Labute approximate surface area is 114 Å². The molecule has 1 atom stereocenters. The highest BCUT2D eigenvalue weighted by Crippen LogP contribution is 2.32. The largest absolute Gasteiger partial charge is 0.455 e. The van der Waals surface area contributed by atoms with Crippen LogP contribution in [0.15, 0.2) is 36.4 Å². The van der Waals surface area contributed by atoms with Crippen molar-refractivity contribution in [3.8, 4) is 17.6 Å². The maximum Gasteiger partial charge on any atom is 0.148 e. The quantitative estimate of drug-likeness (QED) is 0.929. The zero-order valence-electron chi connectivity index (χ0n) is 10.6. The van der Waals surface area contributed by atoms with Gasteiger partial charge >= 0.3 is 0 Å². The zero-order valence-corrected chi connectivity index (χ0v) is 10.6. The number of aliphatic hydroxyl groups excluding tert-OH is 1. The monoisotopic (exact) mass is 275 g/mol. The molecule has 0 aliphatic rings. The molecule has 0 saturated carbocycles. The first-order valence-corrected chi connectivity index (χ1v) is 5.87. The Kier molecular flexibility index (Phi) is 3.97. The molecule has 20 heavy (non-hydrogen) atoms. The lowest BCUT2D eigenvalue weighted by Crippen LogP contribution is -1.99. The number of halogens is 2. The second-order valence-corrected chi connectivity index (χ2v) is 4.18. The molecule has 102 valence electrons. The van der Waals surface area contributed by atoms with Crippen LogP contribution in [-0.4, -0.2) is 5.11 Å². The summed E-state index contributed by atoms with van der Waals surface area (Å²) in [6, 6.07) is 9.29. The predicted molar refractivity (Wildman–Crippen MR) is 68.2 cm³/mol. The summed E-state index contributed by atoms with van der Waals surface area (Å²) in [7, 11) is 0. The van der Waals surface area contributed by atoms with Crippen LogP contribution in [0.4, 0.5) is 8.78 Å². The fourth-order valence-electron chi connectivity index (χ4n) is 1.76. The molecule has 0 radical (unpaired) electrons. The first kappa shape index (κ1) is 14.0. The number of aliphatic hydroxyl groups is 1. The van der Waals surface area contributed by atoms with Crippen molar-refractivity contribution in [3.05, 3.63) is 59.2 Å². The molecule has 2 aromatic carbocycles. The highest BCUT2D eigenvalue weighted by atomic mass is 19.1. The standard InChI is InChI=1S/C15H11F2NO2/c1-9(19)11-7-10(16)5-6-15(11)20-14-4-2-3-13(17)12(14)8-18/h2-7,9,19H,1H3. The first-order valence-electron chi connectivity index (χ1n) is 5.87. The summed E-state index contributed by atoms with van der Waals surface area (Å²) >= 11 is 0. The molecular formula is C15H11F2NO2. The fraction of sp³-hybridized carbons (Fsp3) is 0.133. The Morgan fingerprint density at radius 3 is 2.60 bits per heavy atom. The van der Waals surface area contributed by atoms with Gasteiger partial charge in [-0.25, -0.2) is 8.78 Å². The third-order valence-corrected chi connectivity index (χ3v) is 2.73. The molecular weight excluding hydrogens is 264 g/mol. The van der Waals surface area contributed by atoms with E-state index in [1.54, 1.807) is 6.07 Å². The molecule has 3 nitrogen and oxygen atoms in total. The van der Waals surface area contributed by atoms with E-state index in [2.05, 4.69) is 0 Å². The smallest absolute Gasteiger partial charge is 0.148 e. The Bertz CT molecular complexity index is 678. The Hall–Kier alpha value is -2.45. The van der Waals surface area contributed by atoms with E-state index in [0.29, 0.717) is 0 Å². The summed E-state index contributed by atoms with van der Waals surface area (Å²) in [5, 5.41) is 18.5. The van der Waals surface area contributed by atoms with E-state index in [1.807, 2.05) is 0 Å². The Morgan fingerprint density at radius 1 is 1.20 bits per heavy atom. The van der Waals surface area contributed by atoms with Gasteiger partial charge < -0.3 is 9.84 Å². The minimum Gasteiger partial charge on any atom is -0.455 e. The van der Waals surface area contributed by atoms with Gasteiger partial charge in [-0.15, -0.1) is 0 Å². The molecule has 0 spiro atoms. The van der Waals surface area contributed by atoms with Crippen LogP contribution in [0.25, 0.3) is 0 Å². The molecule has 2 rings (SSSR count). The lowest BCUT2D eigenvalue weighted by Gasteiger charge is -2.14. The van der Waals surface area contributed by atoms with Gasteiger partial charge in [0.05, 0.1) is 6.10 Å². The number of benzene rings is 2. The van der Waals surface area contributed by atoms with Crippen molar-refractivity contribution in [2.24, 2.45) is 0 Å². The van der Waals surface area contributed by atoms with E-state index in [-0.39, 0.29) is 22.6 Å². The minimum absolute atomic E-state index is 0.0148. The summed E-state index contributed by atoms with van der Waals surface area (Å²) < 4.78 is 32.1. The highest BCUT2D eigenvalue weighted by Gasteiger charge is 2.15. The summed E-state index contributed by atoms with van der Waals surface area (Å²) in [4.78, 5) is 0. The second-order valence-electron chi connectivity index (χ2n) is 4.18. The Morgan fingerprint density at radius 2 is 1.95 bits per heavy atom. The van der Waals surface area contributed by atoms with E-state index in [9.17, 15) is 13.9 Å². The lowest BCUT2D eigenvalue weighted by atomic mass is 10.1. The molecule has 1 unspecified atom stereocenters. The van der Waals surface area contributed by atoms with Crippen LogP contribution in [-0.2, 0) is 0 Å². The zero-order chi connectivity index (χ0) is 14.7. The molecule has 5 heteroatoms. The molecule has 1 N–H and O–H groups in total. The van der Waals surface area contributed by atoms with E-state index in [0.717, 1.165) is 18.2 Å². The van der Waals surface area contributed by atoms with Crippen LogP contribution in [0.2, 0.25) is 0 Å². The van der Waals surface area contributed by atoms with Gasteiger partial charge in [-0.2, -0.15) is 5.26 Å². The summed E-state index contributed by atoms with van der Waals surface area (Å²) in [5.74, 6) is -1.04. The van der Waals surface area contributed by atoms with Gasteiger partial charge in [-0.3, -0.25) is 0 Å². The molecule has 0 aliphatic heterocycles. The number of ether oxygens (including phenoxy) is 1. The third kappa shape index (κ3) is 2.76. The van der Waals surface area contributed by atoms with Crippen molar-refractivity contribution in [1.82, 2.24) is 0 Å². The molecule has 0 heterocycles. The van der Waals surface area contributed by atoms with E-state index in [4.69, 9.17) is 10.00 Å². The number of hydrogen-bond acceptors (Lipinski definition) is 3. The van der Waals surface area contributed by atoms with Crippen LogP contribution in [0.3, 0.4) is 0 Å². The van der Waals surface area contributed by atoms with E-state index in [1.165, 1.54) is 25.1 Å². The van der Waals surface area contributed by atoms with E-state index < -0.39 is 17.7 Å². The number of rotatable bonds is 3. The van der Waals surface area contributed by atoms with Gasteiger partial charge in [0.25, 0.3) is 0 Å². The number of hydrogen-bond donors (Lipinski definition) is 1. The maximum absolute atomic E-state index is 13.5. The predicted octanol–water partition coefficient (Wildman–Crippen LogP) is 3.68. The molecule has 0 saturated heterocycles. The maximum atomic E-state index is 13.5. The molecule has 0 aromatic heterocycles. The summed E-state index contributed by atoms with van der Waals surface area (Å²) in [6.07, 6.45) is -0.959. The van der Waals surface area contributed by atoms with Crippen LogP contribution in [0.1, 0.15) is 24.2 Å². The molecule has 2 aromatic rings. The van der Waals surface area contributed by atoms with Gasteiger partial charge in [0.1, 0.15) is 34.8 Å². The van der Waals surface area contributed by atoms with Crippen LogP contribution >= 0.6 is 0 Å². The Balaban J connectivity index is 2.46. The molecule has 0 bridgehead atoms. The molecule has 0 fully saturated rings. The fourth-order valence-corrected chi connectivity index (χ4v) is 1.76. The van der Waals surface area contributed by atoms with Gasteiger partial charge in [-0.1, -0.05) is 6.07 Å². The van der Waals surface area contributed by atoms with Gasteiger partial charge in [0, 0.05) is 5.56 Å². The van der Waals surface area contributed by atoms with Gasteiger partial charge in [-0.05, 0) is 37.3 Å². The van der Waals surface area contributed by atoms with Crippen molar-refractivity contribution < 1.29 is 18.6 Å². The van der Waals surface area contributed by atoms with E-state index >= 15 is 0 Å². The third-order valence-electron chi connectivity index (χ3n) is 2.73. The molecule has 0 amide bonds. The SMILES string of the molecule is CC(O)c1cc(F)ccc1Oc1cccc(F)c1C#N. The van der Waals surface area contributed by atoms with Crippen molar-refractivity contribution in [1.29, 1.82) is 5.26 Å². The lowest BCUT2D eigenvalue weighted by molar-refractivity contribution is 0.195. The number of nitriles is 1. The normalized spacial score (nSPS) is 11.8.